The molecule has 21 heavy (non-hydrogen) atoms. The molecule has 2 atom stereocenters. The quantitative estimate of drug-likeness (QED) is 0.301. The van der Waals surface area contributed by atoms with E-state index in [0.29, 0.717) is 25.7 Å². The van der Waals surface area contributed by atoms with Crippen LogP contribution in [0.25, 0.3) is 0 Å². The fourth-order valence-corrected chi connectivity index (χ4v) is 3.32. The Morgan fingerprint density at radius 3 is 1.95 bits per heavy atom. The minimum atomic E-state index is -4.23. The number of unbranched alkanes of at least 4 members (excludes halogenated alkanes) is 5. The molecule has 0 rings (SSSR count). The minimum absolute atomic E-state index is 0. The van der Waals surface area contributed by atoms with Crippen molar-refractivity contribution < 1.29 is 69.5 Å². The van der Waals surface area contributed by atoms with E-state index < -0.39 is 21.5 Å². The van der Waals surface area contributed by atoms with Crippen LogP contribution in [0.4, 0.5) is 0 Å². The first kappa shape index (κ1) is 24.8. The minimum Gasteiger partial charge on any atom is -0.748 e. The van der Waals surface area contributed by atoms with Crippen LogP contribution in [0, 0.1) is 0 Å². The van der Waals surface area contributed by atoms with Crippen molar-refractivity contribution in [3.05, 3.63) is 0 Å². The number of aliphatic hydroxyl groups excluding tert-OH is 1. The van der Waals surface area contributed by atoms with Crippen LogP contribution >= 0.6 is 0 Å². The summed E-state index contributed by atoms with van der Waals surface area (Å²) in [5, 5.41) is 8.82. The summed E-state index contributed by atoms with van der Waals surface area (Å²) in [6.07, 6.45) is 8.68. The van der Waals surface area contributed by atoms with Gasteiger partial charge in [0.15, 0.2) is 0 Å². The van der Waals surface area contributed by atoms with Crippen molar-refractivity contribution in [1.82, 2.24) is 0 Å². The first-order valence-electron chi connectivity index (χ1n) is 8.04. The molecule has 0 amide bonds. The Kier molecular flexibility index (Phi) is 17.8. The van der Waals surface area contributed by atoms with Gasteiger partial charge in [-0.3, -0.25) is 0 Å². The fraction of sp³-hybridized carbons (Fsp3) is 1.00. The largest absolute Gasteiger partial charge is 1.00 e. The van der Waals surface area contributed by atoms with Crippen LogP contribution in [0.15, 0.2) is 0 Å². The molecule has 0 aliphatic rings. The maximum Gasteiger partial charge on any atom is 1.00 e. The predicted molar refractivity (Wildman–Crippen MR) is 81.6 cm³/mol. The molecule has 0 aliphatic heterocycles. The molecule has 4 nitrogen and oxygen atoms in total. The molecule has 0 saturated carbocycles. The summed E-state index contributed by atoms with van der Waals surface area (Å²) in [5.74, 6) is 0. The molecule has 0 saturated heterocycles. The van der Waals surface area contributed by atoms with Crippen LogP contribution in [-0.4, -0.2) is 29.4 Å². The molecule has 0 aromatic heterocycles. The van der Waals surface area contributed by atoms with Gasteiger partial charge >= 0.3 is 51.4 Å². The van der Waals surface area contributed by atoms with Crippen molar-refractivity contribution in [2.45, 2.75) is 95.8 Å². The summed E-state index contributed by atoms with van der Waals surface area (Å²) in [4.78, 5) is 0. The van der Waals surface area contributed by atoms with Crippen LogP contribution in [0.5, 0.6) is 0 Å². The molecule has 2 unspecified atom stereocenters. The summed E-state index contributed by atoms with van der Waals surface area (Å²) in [6, 6.07) is 0. The van der Waals surface area contributed by atoms with Crippen molar-refractivity contribution >= 4 is 10.1 Å². The van der Waals surface area contributed by atoms with Crippen molar-refractivity contribution in [2.24, 2.45) is 0 Å². The predicted octanol–water partition coefficient (Wildman–Crippen LogP) is 0.596. The average Bonchev–Trinajstić information content (AvgIpc) is 2.35. The summed E-state index contributed by atoms with van der Waals surface area (Å²) in [5.41, 5.74) is 0. The van der Waals surface area contributed by atoms with E-state index in [-0.39, 0.29) is 51.4 Å². The van der Waals surface area contributed by atoms with Gasteiger partial charge in [0.25, 0.3) is 0 Å². The zero-order chi connectivity index (χ0) is 15.4. The molecular formula is C15H31KO4S. The third kappa shape index (κ3) is 14.8. The molecule has 122 valence electrons. The smallest absolute Gasteiger partial charge is 0.748 e. The normalized spacial score (nSPS) is 14.5. The molecule has 1 N–H and O–H groups in total. The first-order valence-corrected chi connectivity index (χ1v) is 9.51. The van der Waals surface area contributed by atoms with Crippen LogP contribution in [-0.2, 0) is 10.1 Å². The molecule has 0 aromatic rings. The van der Waals surface area contributed by atoms with Gasteiger partial charge in [0, 0.05) is 5.25 Å². The second-order valence-corrected chi connectivity index (χ2v) is 7.34. The van der Waals surface area contributed by atoms with Crippen LogP contribution < -0.4 is 51.4 Å². The second kappa shape index (κ2) is 15.1. The molecule has 0 spiro atoms. The summed E-state index contributed by atoms with van der Waals surface area (Å²) >= 11 is 0. The maximum absolute atomic E-state index is 11.2. The molecule has 0 radical (unpaired) electrons. The van der Waals surface area contributed by atoms with Gasteiger partial charge in [0.2, 0.25) is 0 Å². The van der Waals surface area contributed by atoms with Crippen molar-refractivity contribution in [3.63, 3.8) is 0 Å². The zero-order valence-electron chi connectivity index (χ0n) is 14.0. The van der Waals surface area contributed by atoms with E-state index in [1.54, 1.807) is 0 Å². The summed E-state index contributed by atoms with van der Waals surface area (Å²) in [6.45, 7) is 4.13. The van der Waals surface area contributed by atoms with Crippen molar-refractivity contribution in [1.29, 1.82) is 0 Å². The van der Waals surface area contributed by atoms with E-state index in [1.807, 2.05) is 6.92 Å². The molecule has 0 aliphatic carbocycles. The van der Waals surface area contributed by atoms with E-state index in [9.17, 15) is 18.1 Å². The number of hydrogen-bond acceptors (Lipinski definition) is 4. The third-order valence-electron chi connectivity index (χ3n) is 3.73. The van der Waals surface area contributed by atoms with E-state index in [4.69, 9.17) is 0 Å². The van der Waals surface area contributed by atoms with Crippen LogP contribution in [0.2, 0.25) is 0 Å². The monoisotopic (exact) mass is 346 g/mol. The van der Waals surface area contributed by atoms with Crippen molar-refractivity contribution in [2.75, 3.05) is 0 Å². The zero-order valence-corrected chi connectivity index (χ0v) is 18.0. The molecule has 6 heteroatoms. The van der Waals surface area contributed by atoms with Crippen LogP contribution in [0.1, 0.15) is 84.5 Å². The molecule has 0 heterocycles. The van der Waals surface area contributed by atoms with Gasteiger partial charge in [-0.2, -0.15) is 0 Å². The third-order valence-corrected chi connectivity index (χ3v) is 5.02. The van der Waals surface area contributed by atoms with E-state index in [1.165, 1.54) is 19.3 Å². The van der Waals surface area contributed by atoms with E-state index in [0.717, 1.165) is 25.7 Å². The number of hydrogen-bond donors (Lipinski definition) is 1. The number of aliphatic hydroxyl groups is 1. The fourth-order valence-electron chi connectivity index (χ4n) is 2.44. The SMILES string of the molecule is CCCCCCCCC(CCC(O)CCC)S(=O)(=O)[O-].[K+]. The maximum atomic E-state index is 11.2. The van der Waals surface area contributed by atoms with Gasteiger partial charge in [-0.1, -0.05) is 58.8 Å². The first-order chi connectivity index (χ1) is 9.41. The van der Waals surface area contributed by atoms with Gasteiger partial charge in [0.1, 0.15) is 0 Å². The Morgan fingerprint density at radius 2 is 1.43 bits per heavy atom. The Bertz CT molecular complexity index is 320. The van der Waals surface area contributed by atoms with Gasteiger partial charge in [-0.15, -0.1) is 0 Å². The standard InChI is InChI=1S/C15H32O4S.K/c1-3-5-6-7-8-9-11-15(20(17,18)19)13-12-14(16)10-4-2;/h14-16H,3-13H2,1-2H3,(H,17,18,19);/q;+1/p-1. The molecule has 0 fully saturated rings. The van der Waals surface area contributed by atoms with Gasteiger partial charge in [0.05, 0.1) is 16.2 Å². The molecular weight excluding hydrogens is 315 g/mol. The Hall–Kier alpha value is 1.51. The average molecular weight is 347 g/mol. The van der Waals surface area contributed by atoms with E-state index in [2.05, 4.69) is 6.92 Å². The summed E-state index contributed by atoms with van der Waals surface area (Å²) in [7, 11) is -4.23. The Labute approximate surface area is 173 Å². The number of rotatable bonds is 13. The molecule has 0 bridgehead atoms. The Morgan fingerprint density at radius 1 is 0.857 bits per heavy atom. The van der Waals surface area contributed by atoms with Crippen LogP contribution in [0.3, 0.4) is 0 Å². The van der Waals surface area contributed by atoms with Gasteiger partial charge in [-0.25, -0.2) is 8.42 Å². The molecule has 0 aromatic carbocycles. The second-order valence-electron chi connectivity index (χ2n) is 5.69. The summed E-state index contributed by atoms with van der Waals surface area (Å²) < 4.78 is 33.7. The topological polar surface area (TPSA) is 77.4 Å². The van der Waals surface area contributed by atoms with E-state index >= 15 is 0 Å². The Balaban J connectivity index is 0. The van der Waals surface area contributed by atoms with Crippen molar-refractivity contribution in [3.8, 4) is 0 Å². The van der Waals surface area contributed by atoms with Gasteiger partial charge in [-0.05, 0) is 25.7 Å². The van der Waals surface area contributed by atoms with Gasteiger partial charge < -0.3 is 9.66 Å².